The van der Waals surface area contributed by atoms with Crippen molar-refractivity contribution < 1.29 is 9.53 Å². The molecule has 0 aliphatic carbocycles. The van der Waals surface area contributed by atoms with Crippen molar-refractivity contribution in [2.45, 2.75) is 0 Å². The van der Waals surface area contributed by atoms with E-state index in [1.165, 1.54) is 6.08 Å². The van der Waals surface area contributed by atoms with E-state index in [0.717, 1.165) is 11.3 Å². The van der Waals surface area contributed by atoms with Crippen LogP contribution in [0, 0.1) is 0 Å². The van der Waals surface area contributed by atoms with Gasteiger partial charge in [-0.1, -0.05) is 71.2 Å². The van der Waals surface area contributed by atoms with Gasteiger partial charge in [0.15, 0.2) is 5.78 Å². The molecule has 0 heterocycles. The van der Waals surface area contributed by atoms with Crippen LogP contribution in [0.15, 0.2) is 72.8 Å². The van der Waals surface area contributed by atoms with Crippen molar-refractivity contribution in [2.75, 3.05) is 0 Å². The fourth-order valence-electron chi connectivity index (χ4n) is 2.25. The lowest BCUT2D eigenvalue weighted by Gasteiger charge is -2.05. The van der Waals surface area contributed by atoms with Gasteiger partial charge in [-0.05, 0) is 48.0 Å². The third-order valence-electron chi connectivity index (χ3n) is 3.59. The molecule has 0 aliphatic heterocycles. The summed E-state index contributed by atoms with van der Waals surface area (Å²) in [6.45, 7) is 0. The van der Waals surface area contributed by atoms with Gasteiger partial charge < -0.3 is 4.74 Å². The Kier molecular flexibility index (Phi) is 6.00. The Labute approximate surface area is 166 Å². The van der Waals surface area contributed by atoms with Gasteiger partial charge in [-0.2, -0.15) is 0 Å². The van der Waals surface area contributed by atoms with Crippen LogP contribution in [-0.4, -0.2) is 5.78 Å². The molecule has 3 aromatic rings. The number of carbonyl (C=O) groups excluding carboxylic acids is 1. The minimum absolute atomic E-state index is 0.153. The first-order valence-corrected chi connectivity index (χ1v) is 8.87. The molecular formula is C21H13Cl3O2. The summed E-state index contributed by atoms with van der Waals surface area (Å²) in [4.78, 5) is 12.3. The largest absolute Gasteiger partial charge is 0.457 e. The Morgan fingerprint density at radius 3 is 2.12 bits per heavy atom. The number of allylic oxidation sites excluding steroid dienone is 1. The van der Waals surface area contributed by atoms with Crippen molar-refractivity contribution in [3.05, 3.63) is 99.0 Å². The number of ether oxygens (including phenoxy) is 1. The second kappa shape index (κ2) is 8.41. The molecule has 3 aromatic carbocycles. The molecule has 0 N–H and O–H groups in total. The standard InChI is InChI=1S/C21H13Cl3O2/c22-18-12-11-17(20(23)21(18)24)19(25)13-8-14-6-9-16(10-7-14)26-15-4-2-1-3-5-15/h1-13H/b13-8+. The first-order chi connectivity index (χ1) is 12.5. The predicted molar refractivity (Wildman–Crippen MR) is 108 cm³/mol. The van der Waals surface area contributed by atoms with E-state index >= 15 is 0 Å². The molecule has 0 bridgehead atoms. The molecule has 0 aliphatic rings. The zero-order valence-corrected chi connectivity index (χ0v) is 15.7. The number of ketones is 1. The van der Waals surface area contributed by atoms with E-state index in [1.54, 1.807) is 18.2 Å². The average Bonchev–Trinajstić information content (AvgIpc) is 2.66. The molecule has 0 atom stereocenters. The Balaban J connectivity index is 1.71. The molecule has 3 rings (SSSR count). The van der Waals surface area contributed by atoms with Gasteiger partial charge in [0, 0.05) is 5.56 Å². The summed E-state index contributed by atoms with van der Waals surface area (Å²) in [6.07, 6.45) is 3.14. The number of rotatable bonds is 5. The summed E-state index contributed by atoms with van der Waals surface area (Å²) >= 11 is 17.9. The molecule has 0 unspecified atom stereocenters. The van der Waals surface area contributed by atoms with Gasteiger partial charge in [0.1, 0.15) is 11.5 Å². The van der Waals surface area contributed by atoms with Crippen LogP contribution in [0.4, 0.5) is 0 Å². The number of hydrogen-bond acceptors (Lipinski definition) is 2. The average molecular weight is 404 g/mol. The number of halogens is 3. The van der Waals surface area contributed by atoms with Crippen LogP contribution in [0.2, 0.25) is 15.1 Å². The first kappa shape index (κ1) is 18.5. The normalized spacial score (nSPS) is 10.9. The summed E-state index contributed by atoms with van der Waals surface area (Å²) < 4.78 is 5.73. The van der Waals surface area contributed by atoms with E-state index < -0.39 is 0 Å². The SMILES string of the molecule is O=C(/C=C/c1ccc(Oc2ccccc2)cc1)c1ccc(Cl)c(Cl)c1Cl. The zero-order chi connectivity index (χ0) is 18.5. The molecule has 0 fully saturated rings. The van der Waals surface area contributed by atoms with Crippen LogP contribution >= 0.6 is 34.8 Å². The lowest BCUT2D eigenvalue weighted by Crippen LogP contribution is -1.96. The van der Waals surface area contributed by atoms with E-state index in [9.17, 15) is 4.79 Å². The molecule has 2 nitrogen and oxygen atoms in total. The minimum atomic E-state index is -0.252. The highest BCUT2D eigenvalue weighted by Gasteiger charge is 2.13. The second-order valence-corrected chi connectivity index (χ2v) is 6.57. The van der Waals surface area contributed by atoms with Gasteiger partial charge in [-0.25, -0.2) is 0 Å². The molecule has 130 valence electrons. The quantitative estimate of drug-likeness (QED) is 0.253. The lowest BCUT2D eigenvalue weighted by molar-refractivity contribution is 0.104. The van der Waals surface area contributed by atoms with Crippen molar-refractivity contribution in [3.8, 4) is 11.5 Å². The number of para-hydroxylation sites is 1. The monoisotopic (exact) mass is 402 g/mol. The Bertz CT molecular complexity index is 949. The van der Waals surface area contributed by atoms with E-state index in [4.69, 9.17) is 39.5 Å². The van der Waals surface area contributed by atoms with E-state index in [0.29, 0.717) is 16.3 Å². The Morgan fingerprint density at radius 2 is 1.42 bits per heavy atom. The molecule has 5 heteroatoms. The molecule has 0 radical (unpaired) electrons. The minimum Gasteiger partial charge on any atom is -0.457 e. The van der Waals surface area contributed by atoms with Gasteiger partial charge in [-0.3, -0.25) is 4.79 Å². The molecular weight excluding hydrogens is 391 g/mol. The lowest BCUT2D eigenvalue weighted by atomic mass is 10.1. The second-order valence-electron chi connectivity index (χ2n) is 5.40. The van der Waals surface area contributed by atoms with Crippen LogP contribution in [-0.2, 0) is 0 Å². The van der Waals surface area contributed by atoms with Gasteiger partial charge in [-0.15, -0.1) is 0 Å². The van der Waals surface area contributed by atoms with Crippen LogP contribution in [0.1, 0.15) is 15.9 Å². The highest BCUT2D eigenvalue weighted by atomic mass is 35.5. The van der Waals surface area contributed by atoms with Crippen LogP contribution in [0.5, 0.6) is 11.5 Å². The van der Waals surface area contributed by atoms with Gasteiger partial charge in [0.05, 0.1) is 15.1 Å². The summed E-state index contributed by atoms with van der Waals surface area (Å²) in [5, 5.41) is 0.640. The van der Waals surface area contributed by atoms with Crippen LogP contribution < -0.4 is 4.74 Å². The van der Waals surface area contributed by atoms with Crippen molar-refractivity contribution >= 4 is 46.7 Å². The molecule has 0 saturated heterocycles. The maximum Gasteiger partial charge on any atom is 0.187 e. The van der Waals surface area contributed by atoms with Crippen molar-refractivity contribution in [3.63, 3.8) is 0 Å². The smallest absolute Gasteiger partial charge is 0.187 e. The van der Waals surface area contributed by atoms with Crippen LogP contribution in [0.25, 0.3) is 6.08 Å². The predicted octanol–water partition coefficient (Wildman–Crippen LogP) is 7.34. The van der Waals surface area contributed by atoms with E-state index in [1.807, 2.05) is 54.6 Å². The maximum absolute atomic E-state index is 12.3. The van der Waals surface area contributed by atoms with Gasteiger partial charge in [0.2, 0.25) is 0 Å². The van der Waals surface area contributed by atoms with E-state index in [-0.39, 0.29) is 15.8 Å². The summed E-state index contributed by atoms with van der Waals surface area (Å²) in [5.41, 5.74) is 1.16. The van der Waals surface area contributed by atoms with Gasteiger partial charge in [0.25, 0.3) is 0 Å². The highest BCUT2D eigenvalue weighted by molar-refractivity contribution is 6.49. The third-order valence-corrected chi connectivity index (χ3v) is 4.88. The van der Waals surface area contributed by atoms with Gasteiger partial charge >= 0.3 is 0 Å². The van der Waals surface area contributed by atoms with Crippen molar-refractivity contribution in [1.82, 2.24) is 0 Å². The number of hydrogen-bond donors (Lipinski definition) is 0. The number of benzene rings is 3. The van der Waals surface area contributed by atoms with Crippen molar-refractivity contribution in [1.29, 1.82) is 0 Å². The topological polar surface area (TPSA) is 26.3 Å². The zero-order valence-electron chi connectivity index (χ0n) is 13.5. The summed E-state index contributed by atoms with van der Waals surface area (Å²) in [7, 11) is 0. The first-order valence-electron chi connectivity index (χ1n) is 7.73. The summed E-state index contributed by atoms with van der Waals surface area (Å²) in [6, 6.07) is 20.0. The highest BCUT2D eigenvalue weighted by Crippen LogP contribution is 2.33. The fraction of sp³-hybridized carbons (Fsp3) is 0. The summed E-state index contributed by atoms with van der Waals surface area (Å²) in [5.74, 6) is 1.23. The Hall–Kier alpha value is -2.26. The Morgan fingerprint density at radius 1 is 0.769 bits per heavy atom. The molecule has 0 saturated carbocycles. The third kappa shape index (κ3) is 4.47. The molecule has 26 heavy (non-hydrogen) atoms. The maximum atomic E-state index is 12.3. The molecule has 0 aromatic heterocycles. The van der Waals surface area contributed by atoms with Crippen LogP contribution in [0.3, 0.4) is 0 Å². The number of carbonyl (C=O) groups is 1. The van der Waals surface area contributed by atoms with E-state index in [2.05, 4.69) is 0 Å². The fourth-order valence-corrected chi connectivity index (χ4v) is 2.88. The molecule has 0 spiro atoms. The molecule has 0 amide bonds. The van der Waals surface area contributed by atoms with Crippen molar-refractivity contribution in [2.24, 2.45) is 0 Å².